The molecule has 0 saturated carbocycles. The molecule has 0 saturated heterocycles. The van der Waals surface area contributed by atoms with E-state index in [1.54, 1.807) is 6.07 Å². The number of hydrogen-bond acceptors (Lipinski definition) is 3. The number of carbonyl (C=O) groups is 1. The van der Waals surface area contributed by atoms with E-state index in [4.69, 9.17) is 0 Å². The summed E-state index contributed by atoms with van der Waals surface area (Å²) < 4.78 is 5.44. The van der Waals surface area contributed by atoms with Gasteiger partial charge in [0.2, 0.25) is 0 Å². The Bertz CT molecular complexity index is 368. The van der Waals surface area contributed by atoms with Crippen LogP contribution in [-0.4, -0.2) is 18.2 Å². The Morgan fingerprint density at radius 1 is 1.56 bits per heavy atom. The van der Waals surface area contributed by atoms with Crippen molar-refractivity contribution in [3.8, 4) is 5.75 Å². The summed E-state index contributed by atoms with van der Waals surface area (Å²) in [5, 5.41) is 9.33. The third kappa shape index (κ3) is 4.89. The Morgan fingerprint density at radius 3 is 2.69 bits per heavy atom. The molecule has 1 N–H and O–H groups in total. The number of hydrogen-bond donors (Lipinski definition) is 1. The number of phenols is 1. The van der Waals surface area contributed by atoms with Gasteiger partial charge in [-0.2, -0.15) is 0 Å². The van der Waals surface area contributed by atoms with E-state index in [2.05, 4.69) is 27.3 Å². The van der Waals surface area contributed by atoms with Crippen molar-refractivity contribution in [2.75, 3.05) is 7.11 Å². The summed E-state index contributed by atoms with van der Waals surface area (Å²) in [4.78, 5) is 11.2. The number of esters is 1. The van der Waals surface area contributed by atoms with Gasteiger partial charge in [0, 0.05) is 44.1 Å². The third-order valence-electron chi connectivity index (χ3n) is 2.16. The van der Waals surface area contributed by atoms with Crippen molar-refractivity contribution < 1.29 is 58.7 Å². The molecule has 0 aliphatic heterocycles. The summed E-state index contributed by atoms with van der Waals surface area (Å²) in [6, 6.07) is 5.33. The fourth-order valence-corrected chi connectivity index (χ4v) is 1.90. The van der Waals surface area contributed by atoms with E-state index < -0.39 is 0 Å². The van der Waals surface area contributed by atoms with Crippen LogP contribution in [0.15, 0.2) is 18.2 Å². The number of halogens is 1. The molecule has 0 amide bonds. The van der Waals surface area contributed by atoms with Gasteiger partial charge in [-0.1, -0.05) is 13.0 Å². The van der Waals surface area contributed by atoms with E-state index in [0.29, 0.717) is 6.42 Å². The summed E-state index contributed by atoms with van der Waals surface area (Å²) >= 11 is 2.06. The maximum atomic E-state index is 11.2. The molecule has 0 aromatic heterocycles. The monoisotopic (exact) mass is 547 g/mol. The van der Waals surface area contributed by atoms with Crippen LogP contribution < -0.4 is 0 Å². The molecule has 0 spiro atoms. The Balaban J connectivity index is 0.00000225. The first-order valence-corrected chi connectivity index (χ1v) is 5.67. The second-order valence-electron chi connectivity index (χ2n) is 3.41. The van der Waals surface area contributed by atoms with Crippen molar-refractivity contribution in [3.05, 3.63) is 27.3 Å². The number of aromatic hydroxyl groups is 1. The van der Waals surface area contributed by atoms with Crippen molar-refractivity contribution >= 4 is 28.6 Å². The Morgan fingerprint density at radius 2 is 2.19 bits per heavy atom. The smallest absolute Gasteiger partial charge is 0.308 e. The van der Waals surface area contributed by atoms with Gasteiger partial charge in [-0.25, -0.2) is 0 Å². The van der Waals surface area contributed by atoms with Gasteiger partial charge in [-0.15, -0.1) is 0 Å². The molecule has 16 heavy (non-hydrogen) atoms. The number of carbonyl (C=O) groups excluding carboxylic acids is 1. The number of phenolic OH excluding ortho intramolecular Hbond substituents is 1. The van der Waals surface area contributed by atoms with Gasteiger partial charge in [-0.05, 0) is 46.7 Å². The molecular formula is C11H13AcIO3. The first kappa shape index (κ1) is 16.7. The predicted octanol–water partition coefficient (Wildman–Crippen LogP) is 2.35. The minimum absolute atomic E-state index is 0. The van der Waals surface area contributed by atoms with E-state index in [-0.39, 0.29) is 61.7 Å². The molecule has 1 aromatic carbocycles. The maximum absolute atomic E-state index is 11.2. The minimum Gasteiger partial charge on any atom is -0.507 e. The summed E-state index contributed by atoms with van der Waals surface area (Å²) in [6.07, 6.45) is 0.628. The van der Waals surface area contributed by atoms with E-state index >= 15 is 0 Å². The van der Waals surface area contributed by atoms with E-state index in [0.717, 1.165) is 9.13 Å². The van der Waals surface area contributed by atoms with Crippen LogP contribution in [0.25, 0.3) is 0 Å². The molecule has 0 unspecified atom stereocenters. The molecule has 85 valence electrons. The molecule has 3 nitrogen and oxygen atoms in total. The zero-order chi connectivity index (χ0) is 11.4. The summed E-state index contributed by atoms with van der Waals surface area (Å²) in [6.45, 7) is 1.82. The number of benzene rings is 1. The molecule has 1 rings (SSSR count). The van der Waals surface area contributed by atoms with Gasteiger partial charge >= 0.3 is 5.97 Å². The molecular weight excluding hydrogens is 534 g/mol. The topological polar surface area (TPSA) is 46.5 Å². The van der Waals surface area contributed by atoms with Crippen molar-refractivity contribution in [1.29, 1.82) is 0 Å². The molecule has 1 aromatic rings. The first-order valence-electron chi connectivity index (χ1n) is 4.59. The number of ether oxygens (including phenoxy) is 1. The van der Waals surface area contributed by atoms with Crippen LogP contribution in [0, 0.1) is 53.6 Å². The second kappa shape index (κ2) is 7.89. The van der Waals surface area contributed by atoms with E-state index in [1.807, 2.05) is 19.1 Å². The van der Waals surface area contributed by atoms with E-state index in [9.17, 15) is 9.90 Å². The van der Waals surface area contributed by atoms with Crippen LogP contribution in [0.2, 0.25) is 0 Å². The SMILES string of the molecule is COC(=O)[C@@H](C)Cc1ccc(O)c(I)c1.[Ac]. The maximum Gasteiger partial charge on any atom is 0.308 e. The predicted molar refractivity (Wildman–Crippen MR) is 65.7 cm³/mol. The van der Waals surface area contributed by atoms with Crippen molar-refractivity contribution in [3.63, 3.8) is 0 Å². The molecule has 0 aliphatic carbocycles. The quantitative estimate of drug-likeness (QED) is 0.468. The molecule has 0 fully saturated rings. The fraction of sp³-hybridized carbons (Fsp3) is 0.364. The standard InChI is InChI=1S/C11H13IO3.Ac/c1-7(11(14)15-2)5-8-3-4-10(13)9(12)6-8;/h3-4,6-7,13H,5H2,1-2H3;/t7-;/m0./s1. The normalized spacial score (nSPS) is 11.4. The van der Waals surface area contributed by atoms with Crippen LogP contribution in [0.5, 0.6) is 5.75 Å². The van der Waals surface area contributed by atoms with Gasteiger partial charge in [0.05, 0.1) is 16.6 Å². The van der Waals surface area contributed by atoms with Gasteiger partial charge in [-0.3, -0.25) is 4.79 Å². The van der Waals surface area contributed by atoms with Crippen LogP contribution in [0.1, 0.15) is 12.5 Å². The van der Waals surface area contributed by atoms with Crippen molar-refractivity contribution in [2.45, 2.75) is 13.3 Å². The van der Waals surface area contributed by atoms with Gasteiger partial charge in [0.1, 0.15) is 5.75 Å². The van der Waals surface area contributed by atoms with Crippen LogP contribution in [0.3, 0.4) is 0 Å². The first-order chi connectivity index (χ1) is 7.04. The van der Waals surface area contributed by atoms with Crippen LogP contribution in [-0.2, 0) is 16.0 Å². The average Bonchev–Trinajstić information content (AvgIpc) is 2.22. The fourth-order valence-electron chi connectivity index (χ4n) is 1.32. The summed E-state index contributed by atoms with van der Waals surface area (Å²) in [7, 11) is 1.39. The van der Waals surface area contributed by atoms with Gasteiger partial charge in [0.25, 0.3) is 0 Å². The van der Waals surface area contributed by atoms with Crippen molar-refractivity contribution in [1.82, 2.24) is 0 Å². The Hall–Kier alpha value is 0.662. The molecule has 1 atom stereocenters. The van der Waals surface area contributed by atoms with Crippen LogP contribution in [0.4, 0.5) is 0 Å². The zero-order valence-corrected chi connectivity index (χ0v) is 16.1. The molecule has 0 aliphatic rings. The summed E-state index contributed by atoms with van der Waals surface area (Å²) in [5.74, 6) is -0.0986. The van der Waals surface area contributed by atoms with Crippen LogP contribution >= 0.6 is 22.6 Å². The third-order valence-corrected chi connectivity index (χ3v) is 3.02. The molecule has 0 bridgehead atoms. The number of rotatable bonds is 3. The van der Waals surface area contributed by atoms with Gasteiger partial charge in [0.15, 0.2) is 0 Å². The minimum atomic E-state index is -0.210. The second-order valence-corrected chi connectivity index (χ2v) is 4.58. The zero-order valence-electron chi connectivity index (χ0n) is 9.24. The molecule has 0 heterocycles. The average molecular weight is 547 g/mol. The Kier molecular flexibility index (Phi) is 8.21. The molecule has 1 radical (unpaired) electrons. The largest absolute Gasteiger partial charge is 0.507 e. The summed E-state index contributed by atoms with van der Waals surface area (Å²) in [5.41, 5.74) is 1.02. The van der Waals surface area contributed by atoms with Gasteiger partial charge < -0.3 is 9.84 Å². The number of methoxy groups -OCH3 is 1. The van der Waals surface area contributed by atoms with Crippen molar-refractivity contribution in [2.24, 2.45) is 5.92 Å². The van der Waals surface area contributed by atoms with E-state index in [1.165, 1.54) is 7.11 Å². The Labute approximate surface area is 145 Å². The molecule has 5 heteroatoms.